The van der Waals surface area contributed by atoms with E-state index >= 15 is 0 Å². The minimum atomic E-state index is -0.867. The number of hydrogen-bond acceptors (Lipinski definition) is 5. The number of aromatic nitrogens is 2. The van der Waals surface area contributed by atoms with Crippen LogP contribution in [0.1, 0.15) is 37.0 Å². The molecule has 0 bridgehead atoms. The highest BCUT2D eigenvalue weighted by Gasteiger charge is 2.10. The van der Waals surface area contributed by atoms with Crippen LogP contribution < -0.4 is 5.32 Å². The van der Waals surface area contributed by atoms with Crippen molar-refractivity contribution in [3.63, 3.8) is 0 Å². The smallest absolute Gasteiger partial charge is 0.229 e. The van der Waals surface area contributed by atoms with Gasteiger partial charge < -0.3 is 9.84 Å². The first kappa shape index (κ1) is 14.7. The molecule has 5 nitrogen and oxygen atoms in total. The van der Waals surface area contributed by atoms with E-state index in [0.29, 0.717) is 24.0 Å². The molecule has 1 heterocycles. The van der Waals surface area contributed by atoms with E-state index in [1.54, 1.807) is 6.26 Å². The summed E-state index contributed by atoms with van der Waals surface area (Å²) in [6, 6.07) is 7.82. The maximum Gasteiger partial charge on any atom is 0.229 e. The summed E-state index contributed by atoms with van der Waals surface area (Å²) in [5.74, 6) is 2.03. The Kier molecular flexibility index (Phi) is 4.89. The van der Waals surface area contributed by atoms with Crippen molar-refractivity contribution in [2.24, 2.45) is 0 Å². The monoisotopic (exact) mass is 293 g/mol. The minimum Gasteiger partial charge on any atom is -0.377 e. The summed E-state index contributed by atoms with van der Waals surface area (Å²) < 4.78 is 16.5. The van der Waals surface area contributed by atoms with E-state index in [1.807, 2.05) is 38.1 Å². The molecule has 6 heteroatoms. The summed E-state index contributed by atoms with van der Waals surface area (Å²) >= 11 is 0. The Morgan fingerprint density at radius 1 is 1.35 bits per heavy atom. The molecule has 0 aliphatic heterocycles. The lowest BCUT2D eigenvalue weighted by atomic mass is 10.2. The summed E-state index contributed by atoms with van der Waals surface area (Å²) in [4.78, 5) is 4.32. The van der Waals surface area contributed by atoms with Crippen molar-refractivity contribution >= 4 is 16.5 Å². The van der Waals surface area contributed by atoms with Gasteiger partial charge in [-0.1, -0.05) is 37.2 Å². The highest BCUT2D eigenvalue weighted by atomic mass is 32.2. The Hall–Kier alpha value is -1.69. The molecule has 0 spiro atoms. The zero-order chi connectivity index (χ0) is 14.5. The summed E-state index contributed by atoms with van der Waals surface area (Å²) in [6.07, 6.45) is 1.70. The van der Waals surface area contributed by atoms with Crippen LogP contribution in [0.3, 0.4) is 0 Å². The summed E-state index contributed by atoms with van der Waals surface area (Å²) in [5.41, 5.74) is 1.99. The molecule has 2 aromatic rings. The maximum absolute atomic E-state index is 11.4. The maximum atomic E-state index is 11.4. The van der Waals surface area contributed by atoms with E-state index in [4.69, 9.17) is 4.52 Å². The molecule has 0 amide bonds. The van der Waals surface area contributed by atoms with Gasteiger partial charge in [0.15, 0.2) is 5.82 Å². The van der Waals surface area contributed by atoms with Gasteiger partial charge in [-0.25, -0.2) is 0 Å². The van der Waals surface area contributed by atoms with Crippen LogP contribution in [0.5, 0.6) is 0 Å². The third-order valence-corrected chi connectivity index (χ3v) is 3.51. The van der Waals surface area contributed by atoms with Crippen LogP contribution in [0.25, 0.3) is 0 Å². The van der Waals surface area contributed by atoms with E-state index in [0.717, 1.165) is 11.3 Å². The zero-order valence-corrected chi connectivity index (χ0v) is 12.7. The first-order valence-electron chi connectivity index (χ1n) is 6.50. The van der Waals surface area contributed by atoms with Crippen molar-refractivity contribution in [2.45, 2.75) is 32.1 Å². The molecule has 0 saturated carbocycles. The van der Waals surface area contributed by atoms with Crippen LogP contribution in [0.15, 0.2) is 28.8 Å². The Labute approximate surface area is 121 Å². The summed E-state index contributed by atoms with van der Waals surface area (Å²) in [6.45, 7) is 4.51. The van der Waals surface area contributed by atoms with Gasteiger partial charge >= 0.3 is 0 Å². The van der Waals surface area contributed by atoms with Gasteiger partial charge in [0.25, 0.3) is 0 Å². The predicted molar refractivity (Wildman–Crippen MR) is 79.9 cm³/mol. The topological polar surface area (TPSA) is 68.0 Å². The fraction of sp³-hybridized carbons (Fsp3) is 0.429. The van der Waals surface area contributed by atoms with Crippen LogP contribution in [-0.2, 0) is 23.1 Å². The van der Waals surface area contributed by atoms with Crippen LogP contribution in [0, 0.1) is 0 Å². The Balaban J connectivity index is 2.04. The van der Waals surface area contributed by atoms with E-state index in [9.17, 15) is 4.21 Å². The van der Waals surface area contributed by atoms with E-state index in [-0.39, 0.29) is 5.92 Å². The fourth-order valence-electron chi connectivity index (χ4n) is 1.79. The highest BCUT2D eigenvalue weighted by molar-refractivity contribution is 7.83. The van der Waals surface area contributed by atoms with E-state index < -0.39 is 10.8 Å². The van der Waals surface area contributed by atoms with Crippen LogP contribution >= 0.6 is 0 Å². The second-order valence-corrected chi connectivity index (χ2v) is 6.37. The third-order valence-electron chi connectivity index (χ3n) is 2.79. The molecule has 1 aromatic carbocycles. The highest BCUT2D eigenvalue weighted by Crippen LogP contribution is 2.18. The SMILES string of the molecule is CC(C)c1nc(CNc2ccccc2C[S@](C)=O)no1. The van der Waals surface area contributed by atoms with Gasteiger partial charge in [-0.15, -0.1) is 0 Å². The molecule has 0 unspecified atom stereocenters. The second kappa shape index (κ2) is 6.65. The zero-order valence-electron chi connectivity index (χ0n) is 11.9. The molecular weight excluding hydrogens is 274 g/mol. The van der Waals surface area contributed by atoms with Gasteiger partial charge in [0.1, 0.15) is 0 Å². The van der Waals surface area contributed by atoms with Gasteiger partial charge in [-0.2, -0.15) is 4.98 Å². The Morgan fingerprint density at radius 3 is 2.75 bits per heavy atom. The number of para-hydroxylation sites is 1. The number of anilines is 1. The number of nitrogens with zero attached hydrogens (tertiary/aromatic N) is 2. The molecule has 0 radical (unpaired) electrons. The number of hydrogen-bond donors (Lipinski definition) is 1. The lowest BCUT2D eigenvalue weighted by Crippen LogP contribution is -2.05. The third kappa shape index (κ3) is 3.90. The van der Waals surface area contributed by atoms with Gasteiger partial charge in [-0.3, -0.25) is 4.21 Å². The molecule has 1 N–H and O–H groups in total. The molecule has 1 atom stereocenters. The van der Waals surface area contributed by atoms with Crippen molar-refractivity contribution in [2.75, 3.05) is 11.6 Å². The quantitative estimate of drug-likeness (QED) is 0.887. The molecule has 0 fully saturated rings. The summed E-state index contributed by atoms with van der Waals surface area (Å²) in [7, 11) is -0.867. The molecular formula is C14H19N3O2S. The lowest BCUT2D eigenvalue weighted by Gasteiger charge is -2.09. The predicted octanol–water partition coefficient (Wildman–Crippen LogP) is 2.68. The average molecular weight is 293 g/mol. The lowest BCUT2D eigenvalue weighted by molar-refractivity contribution is 0.361. The standard InChI is InChI=1S/C14H19N3O2S/c1-10(2)14-16-13(17-19-14)8-15-12-7-5-4-6-11(12)9-20(3)18/h4-7,10,15H,8-9H2,1-3H3/t20-/m0/s1. The first-order valence-corrected chi connectivity index (χ1v) is 8.23. The van der Waals surface area contributed by atoms with Gasteiger partial charge in [0, 0.05) is 28.7 Å². The Morgan fingerprint density at radius 2 is 2.10 bits per heavy atom. The van der Waals surface area contributed by atoms with E-state index in [2.05, 4.69) is 15.5 Å². The molecule has 0 aliphatic carbocycles. The van der Waals surface area contributed by atoms with Crippen molar-refractivity contribution in [3.05, 3.63) is 41.5 Å². The average Bonchev–Trinajstić information content (AvgIpc) is 2.86. The van der Waals surface area contributed by atoms with Crippen molar-refractivity contribution < 1.29 is 8.73 Å². The fourth-order valence-corrected chi connectivity index (χ4v) is 2.48. The van der Waals surface area contributed by atoms with Crippen molar-refractivity contribution in [1.82, 2.24) is 10.1 Å². The molecule has 20 heavy (non-hydrogen) atoms. The largest absolute Gasteiger partial charge is 0.377 e. The van der Waals surface area contributed by atoms with Crippen LogP contribution in [-0.4, -0.2) is 20.6 Å². The van der Waals surface area contributed by atoms with Crippen LogP contribution in [0.2, 0.25) is 0 Å². The second-order valence-electron chi connectivity index (χ2n) is 4.93. The van der Waals surface area contributed by atoms with Gasteiger partial charge in [0.2, 0.25) is 5.89 Å². The summed E-state index contributed by atoms with van der Waals surface area (Å²) in [5, 5.41) is 7.20. The first-order chi connectivity index (χ1) is 9.56. The van der Waals surface area contributed by atoms with E-state index in [1.165, 1.54) is 0 Å². The van der Waals surface area contributed by atoms with Gasteiger partial charge in [0.05, 0.1) is 12.3 Å². The van der Waals surface area contributed by atoms with Crippen LogP contribution in [0.4, 0.5) is 5.69 Å². The minimum absolute atomic E-state index is 0.228. The molecule has 108 valence electrons. The number of rotatable bonds is 6. The Bertz CT molecular complexity index is 596. The molecule has 2 rings (SSSR count). The molecule has 0 saturated heterocycles. The molecule has 1 aromatic heterocycles. The normalized spacial score (nSPS) is 12.6. The van der Waals surface area contributed by atoms with Gasteiger partial charge in [-0.05, 0) is 11.6 Å². The number of benzene rings is 1. The number of nitrogens with one attached hydrogen (secondary N) is 1. The van der Waals surface area contributed by atoms with Crippen molar-refractivity contribution in [3.8, 4) is 0 Å². The van der Waals surface area contributed by atoms with Crippen molar-refractivity contribution in [1.29, 1.82) is 0 Å². The molecule has 0 aliphatic rings.